The largest absolute Gasteiger partial charge is 0.325 e. The standard InChI is InChI=1S/C10H15N/c1-4-5-6-7-8-9-10(2,3)11/h1H,5-6,9,11H2,2-3H3. The molecule has 1 nitrogen and oxygen atoms in total. The third kappa shape index (κ3) is 9.08. The maximum Gasteiger partial charge on any atom is 0.0264 e. The Morgan fingerprint density at radius 3 is 2.36 bits per heavy atom. The van der Waals surface area contributed by atoms with Gasteiger partial charge in [-0.3, -0.25) is 0 Å². The molecule has 0 fully saturated rings. The molecule has 60 valence electrons. The molecule has 0 saturated carbocycles. The Morgan fingerprint density at radius 2 is 1.91 bits per heavy atom. The van der Waals surface area contributed by atoms with Crippen LogP contribution in [0.25, 0.3) is 0 Å². The van der Waals surface area contributed by atoms with E-state index in [4.69, 9.17) is 12.2 Å². The van der Waals surface area contributed by atoms with Crippen LogP contribution in [-0.4, -0.2) is 5.54 Å². The Bertz CT molecular complexity index is 192. The first-order chi connectivity index (χ1) is 5.06. The van der Waals surface area contributed by atoms with Crippen LogP contribution in [0.2, 0.25) is 0 Å². The second kappa shape index (κ2) is 4.83. The van der Waals surface area contributed by atoms with Gasteiger partial charge in [-0.05, 0) is 13.8 Å². The van der Waals surface area contributed by atoms with Crippen LogP contribution in [0.5, 0.6) is 0 Å². The molecule has 0 radical (unpaired) electrons. The molecule has 0 bridgehead atoms. The van der Waals surface area contributed by atoms with Crippen LogP contribution in [0.3, 0.4) is 0 Å². The van der Waals surface area contributed by atoms with Crippen molar-refractivity contribution in [3.05, 3.63) is 0 Å². The highest BCUT2D eigenvalue weighted by molar-refractivity contribution is 5.05. The molecule has 0 rings (SSSR count). The smallest absolute Gasteiger partial charge is 0.0264 e. The average Bonchev–Trinajstić information content (AvgIpc) is 1.85. The Balaban J connectivity index is 3.50. The zero-order chi connectivity index (χ0) is 8.74. The number of rotatable bonds is 2. The molecule has 0 spiro atoms. The molecule has 0 aliphatic carbocycles. The number of nitrogens with two attached hydrogens (primary N) is 1. The van der Waals surface area contributed by atoms with Crippen molar-refractivity contribution in [1.29, 1.82) is 0 Å². The molecule has 0 aromatic carbocycles. The minimum atomic E-state index is -0.177. The third-order valence-electron chi connectivity index (χ3n) is 1.06. The normalized spacial score (nSPS) is 9.64. The van der Waals surface area contributed by atoms with Crippen molar-refractivity contribution in [2.45, 2.75) is 38.6 Å². The zero-order valence-corrected chi connectivity index (χ0v) is 7.28. The summed E-state index contributed by atoms with van der Waals surface area (Å²) in [6, 6.07) is 0. The van der Waals surface area contributed by atoms with Gasteiger partial charge in [-0.1, -0.05) is 0 Å². The van der Waals surface area contributed by atoms with Crippen molar-refractivity contribution in [3.63, 3.8) is 0 Å². The zero-order valence-electron chi connectivity index (χ0n) is 7.28. The predicted molar refractivity (Wildman–Crippen MR) is 48.7 cm³/mol. The van der Waals surface area contributed by atoms with E-state index in [0.717, 1.165) is 19.3 Å². The van der Waals surface area contributed by atoms with E-state index in [2.05, 4.69) is 17.8 Å². The molecule has 0 aliphatic heterocycles. The summed E-state index contributed by atoms with van der Waals surface area (Å²) in [6.07, 6.45) is 7.31. The van der Waals surface area contributed by atoms with Crippen LogP contribution in [0, 0.1) is 24.2 Å². The van der Waals surface area contributed by atoms with Gasteiger partial charge in [-0.25, -0.2) is 0 Å². The lowest BCUT2D eigenvalue weighted by atomic mass is 10.0. The minimum absolute atomic E-state index is 0.177. The van der Waals surface area contributed by atoms with Gasteiger partial charge in [0.2, 0.25) is 0 Å². The molecule has 0 aromatic rings. The molecule has 0 heterocycles. The summed E-state index contributed by atoms with van der Waals surface area (Å²) in [5, 5.41) is 0. The van der Waals surface area contributed by atoms with Crippen molar-refractivity contribution in [2.75, 3.05) is 0 Å². The fourth-order valence-corrected chi connectivity index (χ4v) is 0.513. The van der Waals surface area contributed by atoms with Crippen molar-refractivity contribution in [1.82, 2.24) is 0 Å². The summed E-state index contributed by atoms with van der Waals surface area (Å²) in [4.78, 5) is 0. The van der Waals surface area contributed by atoms with Crippen molar-refractivity contribution in [3.8, 4) is 24.2 Å². The number of hydrogen-bond acceptors (Lipinski definition) is 1. The Morgan fingerprint density at radius 1 is 1.27 bits per heavy atom. The van der Waals surface area contributed by atoms with Crippen LogP contribution in [0.1, 0.15) is 33.1 Å². The topological polar surface area (TPSA) is 26.0 Å². The molecule has 2 N–H and O–H groups in total. The van der Waals surface area contributed by atoms with E-state index in [9.17, 15) is 0 Å². The molecule has 11 heavy (non-hydrogen) atoms. The molecular formula is C10H15N. The highest BCUT2D eigenvalue weighted by atomic mass is 14.7. The maximum atomic E-state index is 5.71. The Hall–Kier alpha value is -0.920. The first kappa shape index (κ1) is 10.1. The first-order valence-corrected chi connectivity index (χ1v) is 3.74. The van der Waals surface area contributed by atoms with E-state index in [0.29, 0.717) is 0 Å². The monoisotopic (exact) mass is 149 g/mol. The van der Waals surface area contributed by atoms with Gasteiger partial charge >= 0.3 is 0 Å². The van der Waals surface area contributed by atoms with Gasteiger partial charge in [0.1, 0.15) is 0 Å². The van der Waals surface area contributed by atoms with Crippen LogP contribution in [0.15, 0.2) is 0 Å². The molecule has 1 heteroatoms. The second-order valence-electron chi connectivity index (χ2n) is 3.22. The fraction of sp³-hybridized carbons (Fsp3) is 0.600. The SMILES string of the molecule is C#CCCC#CCC(C)(C)N. The highest BCUT2D eigenvalue weighted by Gasteiger charge is 2.06. The van der Waals surface area contributed by atoms with Crippen LogP contribution >= 0.6 is 0 Å². The molecule has 0 aliphatic rings. The van der Waals surface area contributed by atoms with E-state index in [1.165, 1.54) is 0 Å². The van der Waals surface area contributed by atoms with Crippen LogP contribution in [0.4, 0.5) is 0 Å². The van der Waals surface area contributed by atoms with E-state index in [-0.39, 0.29) is 5.54 Å². The van der Waals surface area contributed by atoms with Crippen LogP contribution < -0.4 is 5.73 Å². The summed E-state index contributed by atoms with van der Waals surface area (Å²) in [5.41, 5.74) is 5.53. The summed E-state index contributed by atoms with van der Waals surface area (Å²) in [7, 11) is 0. The number of hydrogen-bond donors (Lipinski definition) is 1. The quantitative estimate of drug-likeness (QED) is 0.467. The van der Waals surface area contributed by atoms with E-state index >= 15 is 0 Å². The van der Waals surface area contributed by atoms with Gasteiger partial charge in [-0.2, -0.15) is 0 Å². The van der Waals surface area contributed by atoms with E-state index in [1.54, 1.807) is 0 Å². The van der Waals surface area contributed by atoms with Gasteiger partial charge in [0, 0.05) is 24.8 Å². The average molecular weight is 149 g/mol. The van der Waals surface area contributed by atoms with Crippen molar-refractivity contribution in [2.24, 2.45) is 5.73 Å². The summed E-state index contributed by atoms with van der Waals surface area (Å²) in [5.74, 6) is 8.49. The first-order valence-electron chi connectivity index (χ1n) is 3.74. The van der Waals surface area contributed by atoms with Crippen molar-refractivity contribution >= 4 is 0 Å². The maximum absolute atomic E-state index is 5.71. The Labute approximate surface area is 69.4 Å². The lowest BCUT2D eigenvalue weighted by Gasteiger charge is -2.12. The van der Waals surface area contributed by atoms with Crippen LogP contribution in [-0.2, 0) is 0 Å². The Kier molecular flexibility index (Phi) is 4.42. The van der Waals surface area contributed by atoms with Gasteiger partial charge in [-0.15, -0.1) is 24.2 Å². The number of terminal acetylenes is 1. The molecule has 0 unspecified atom stereocenters. The summed E-state index contributed by atoms with van der Waals surface area (Å²) < 4.78 is 0. The molecule has 0 amide bonds. The second-order valence-corrected chi connectivity index (χ2v) is 3.22. The summed E-state index contributed by atoms with van der Waals surface area (Å²) in [6.45, 7) is 3.92. The van der Waals surface area contributed by atoms with Gasteiger partial charge in [0.05, 0.1) is 0 Å². The molecule has 0 saturated heterocycles. The highest BCUT2D eigenvalue weighted by Crippen LogP contribution is 2.00. The molecule has 0 atom stereocenters. The number of unbranched alkanes of at least 4 members (excludes halogenated alkanes) is 1. The van der Waals surface area contributed by atoms with Gasteiger partial charge in [0.25, 0.3) is 0 Å². The lowest BCUT2D eigenvalue weighted by molar-refractivity contribution is 0.535. The third-order valence-corrected chi connectivity index (χ3v) is 1.06. The minimum Gasteiger partial charge on any atom is -0.325 e. The molecular weight excluding hydrogens is 134 g/mol. The van der Waals surface area contributed by atoms with Gasteiger partial charge < -0.3 is 5.73 Å². The lowest BCUT2D eigenvalue weighted by Crippen LogP contribution is -2.30. The van der Waals surface area contributed by atoms with Crippen molar-refractivity contribution < 1.29 is 0 Å². The predicted octanol–water partition coefficient (Wildman–Crippen LogP) is 1.53. The summed E-state index contributed by atoms with van der Waals surface area (Å²) >= 11 is 0. The van der Waals surface area contributed by atoms with Gasteiger partial charge in [0.15, 0.2) is 0 Å². The molecule has 0 aromatic heterocycles. The van der Waals surface area contributed by atoms with E-state index < -0.39 is 0 Å². The fourth-order valence-electron chi connectivity index (χ4n) is 0.513. The van der Waals surface area contributed by atoms with E-state index in [1.807, 2.05) is 13.8 Å².